The summed E-state index contributed by atoms with van der Waals surface area (Å²) in [5, 5.41) is 0. The standard InChI is InChI=1S/C18H21N3O3/c1-13-17(22)21(14-6-8-15(24-3)9-7-14)12-11-20(13)18(23)16-5-4-10-19(16)2/h4-10,13H,11-12H2,1-3H3. The molecule has 2 aromatic rings. The first-order valence-electron chi connectivity index (χ1n) is 7.90. The van der Waals surface area contributed by atoms with Crippen LogP contribution in [0.5, 0.6) is 5.75 Å². The van der Waals surface area contributed by atoms with Gasteiger partial charge in [-0.15, -0.1) is 0 Å². The van der Waals surface area contributed by atoms with Crippen LogP contribution in [0.1, 0.15) is 17.4 Å². The number of carbonyl (C=O) groups excluding carboxylic acids is 2. The van der Waals surface area contributed by atoms with Crippen molar-refractivity contribution in [1.82, 2.24) is 9.47 Å². The van der Waals surface area contributed by atoms with Crippen LogP contribution in [-0.2, 0) is 11.8 Å². The zero-order valence-electron chi connectivity index (χ0n) is 14.1. The molecule has 1 aliphatic heterocycles. The average molecular weight is 327 g/mol. The number of amides is 2. The number of hydrogen-bond donors (Lipinski definition) is 0. The predicted molar refractivity (Wildman–Crippen MR) is 91.3 cm³/mol. The van der Waals surface area contributed by atoms with Gasteiger partial charge in [-0.05, 0) is 43.3 Å². The Morgan fingerprint density at radius 2 is 1.88 bits per heavy atom. The van der Waals surface area contributed by atoms with E-state index in [0.29, 0.717) is 18.8 Å². The van der Waals surface area contributed by atoms with Crippen LogP contribution in [0.4, 0.5) is 5.69 Å². The lowest BCUT2D eigenvalue weighted by Crippen LogP contribution is -2.58. The van der Waals surface area contributed by atoms with Gasteiger partial charge in [0, 0.05) is 32.0 Å². The van der Waals surface area contributed by atoms with E-state index >= 15 is 0 Å². The molecule has 1 atom stereocenters. The largest absolute Gasteiger partial charge is 0.497 e. The van der Waals surface area contributed by atoms with E-state index in [2.05, 4.69) is 0 Å². The third kappa shape index (κ3) is 2.75. The van der Waals surface area contributed by atoms with Gasteiger partial charge in [-0.1, -0.05) is 0 Å². The van der Waals surface area contributed by atoms with Crippen LogP contribution >= 0.6 is 0 Å². The Kier molecular flexibility index (Phi) is 4.29. The number of piperazine rings is 1. The normalized spacial score (nSPS) is 18.0. The summed E-state index contributed by atoms with van der Waals surface area (Å²) in [7, 11) is 3.43. The SMILES string of the molecule is COc1ccc(N2CCN(C(=O)c3cccn3C)C(C)C2=O)cc1. The molecule has 1 aromatic heterocycles. The number of ether oxygens (including phenoxy) is 1. The van der Waals surface area contributed by atoms with Crippen LogP contribution in [0.3, 0.4) is 0 Å². The summed E-state index contributed by atoms with van der Waals surface area (Å²) in [6.45, 7) is 2.76. The Labute approximate surface area is 141 Å². The van der Waals surface area contributed by atoms with Crippen molar-refractivity contribution in [3.63, 3.8) is 0 Å². The lowest BCUT2D eigenvalue weighted by Gasteiger charge is -2.39. The fourth-order valence-corrected chi connectivity index (χ4v) is 3.00. The highest BCUT2D eigenvalue weighted by atomic mass is 16.5. The van der Waals surface area contributed by atoms with Crippen molar-refractivity contribution >= 4 is 17.5 Å². The summed E-state index contributed by atoms with van der Waals surface area (Å²) in [5.74, 6) is 0.559. The molecule has 3 rings (SSSR count). The number of aromatic nitrogens is 1. The van der Waals surface area contributed by atoms with Crippen molar-refractivity contribution in [2.45, 2.75) is 13.0 Å². The molecule has 1 aromatic carbocycles. The Balaban J connectivity index is 1.78. The minimum absolute atomic E-state index is 0.0750. The number of methoxy groups -OCH3 is 1. The molecule has 126 valence electrons. The van der Waals surface area contributed by atoms with Crippen LogP contribution < -0.4 is 9.64 Å². The molecule has 6 nitrogen and oxygen atoms in total. The van der Waals surface area contributed by atoms with Crippen LogP contribution in [0.15, 0.2) is 42.6 Å². The highest BCUT2D eigenvalue weighted by Crippen LogP contribution is 2.24. The van der Waals surface area contributed by atoms with Gasteiger partial charge >= 0.3 is 0 Å². The van der Waals surface area contributed by atoms with Gasteiger partial charge in [-0.2, -0.15) is 0 Å². The van der Waals surface area contributed by atoms with Crippen molar-refractivity contribution in [2.75, 3.05) is 25.1 Å². The van der Waals surface area contributed by atoms with E-state index in [9.17, 15) is 9.59 Å². The van der Waals surface area contributed by atoms with Crippen molar-refractivity contribution in [3.05, 3.63) is 48.3 Å². The Bertz CT molecular complexity index is 751. The lowest BCUT2D eigenvalue weighted by atomic mass is 10.1. The van der Waals surface area contributed by atoms with Gasteiger partial charge < -0.3 is 19.1 Å². The number of carbonyl (C=O) groups is 2. The Morgan fingerprint density at radius 1 is 1.17 bits per heavy atom. The molecular formula is C18H21N3O3. The summed E-state index contributed by atoms with van der Waals surface area (Å²) < 4.78 is 6.92. The molecule has 0 spiro atoms. The minimum atomic E-state index is -0.497. The second kappa shape index (κ2) is 6.39. The molecule has 1 unspecified atom stereocenters. The van der Waals surface area contributed by atoms with Gasteiger partial charge in [0.2, 0.25) is 5.91 Å². The quantitative estimate of drug-likeness (QED) is 0.865. The number of benzene rings is 1. The van der Waals surface area contributed by atoms with Gasteiger partial charge in [0.25, 0.3) is 5.91 Å². The number of rotatable bonds is 3. The van der Waals surface area contributed by atoms with E-state index in [-0.39, 0.29) is 11.8 Å². The van der Waals surface area contributed by atoms with E-state index < -0.39 is 6.04 Å². The second-order valence-corrected chi connectivity index (χ2v) is 5.87. The van der Waals surface area contributed by atoms with Gasteiger partial charge in [-0.25, -0.2) is 0 Å². The van der Waals surface area contributed by atoms with Crippen molar-refractivity contribution in [2.24, 2.45) is 7.05 Å². The molecule has 24 heavy (non-hydrogen) atoms. The number of anilines is 1. The van der Waals surface area contributed by atoms with Crippen molar-refractivity contribution in [1.29, 1.82) is 0 Å². The number of hydrogen-bond acceptors (Lipinski definition) is 3. The smallest absolute Gasteiger partial charge is 0.271 e. The molecule has 2 amide bonds. The molecule has 0 bridgehead atoms. The maximum absolute atomic E-state index is 12.7. The highest BCUT2D eigenvalue weighted by Gasteiger charge is 2.35. The number of aryl methyl sites for hydroxylation is 1. The van der Waals surface area contributed by atoms with Crippen LogP contribution in [0.2, 0.25) is 0 Å². The van der Waals surface area contributed by atoms with Crippen LogP contribution in [0, 0.1) is 0 Å². The van der Waals surface area contributed by atoms with Crippen LogP contribution in [-0.4, -0.2) is 47.5 Å². The predicted octanol–water partition coefficient (Wildman–Crippen LogP) is 1.91. The van der Waals surface area contributed by atoms with Gasteiger partial charge in [-0.3, -0.25) is 9.59 Å². The molecule has 2 heterocycles. The topological polar surface area (TPSA) is 54.8 Å². The minimum Gasteiger partial charge on any atom is -0.497 e. The van der Waals surface area contributed by atoms with Crippen molar-refractivity contribution < 1.29 is 14.3 Å². The molecule has 1 fully saturated rings. The van der Waals surface area contributed by atoms with E-state index in [1.165, 1.54) is 0 Å². The van der Waals surface area contributed by atoms with Crippen molar-refractivity contribution in [3.8, 4) is 5.75 Å². The summed E-state index contributed by atoms with van der Waals surface area (Å²) in [5.41, 5.74) is 1.41. The Hall–Kier alpha value is -2.76. The fraction of sp³-hybridized carbons (Fsp3) is 0.333. The van der Waals surface area contributed by atoms with Gasteiger partial charge in [0.1, 0.15) is 17.5 Å². The Morgan fingerprint density at radius 3 is 2.46 bits per heavy atom. The third-order valence-corrected chi connectivity index (χ3v) is 4.46. The molecule has 0 radical (unpaired) electrons. The third-order valence-electron chi connectivity index (χ3n) is 4.46. The summed E-state index contributed by atoms with van der Waals surface area (Å²) in [4.78, 5) is 28.8. The van der Waals surface area contributed by atoms with Gasteiger partial charge in [0.15, 0.2) is 0 Å². The number of nitrogens with zero attached hydrogens (tertiary/aromatic N) is 3. The fourth-order valence-electron chi connectivity index (χ4n) is 3.00. The molecular weight excluding hydrogens is 306 g/mol. The van der Waals surface area contributed by atoms with E-state index in [0.717, 1.165) is 11.4 Å². The summed E-state index contributed by atoms with van der Waals surface area (Å²) in [6, 6.07) is 10.5. The average Bonchev–Trinajstić information content (AvgIpc) is 3.03. The maximum atomic E-state index is 12.7. The molecule has 0 saturated carbocycles. The van der Waals surface area contributed by atoms with Gasteiger partial charge in [0.05, 0.1) is 7.11 Å². The molecule has 0 aliphatic carbocycles. The lowest BCUT2D eigenvalue weighted by molar-refractivity contribution is -0.124. The zero-order chi connectivity index (χ0) is 17.3. The summed E-state index contributed by atoms with van der Waals surface area (Å²) >= 11 is 0. The first-order valence-corrected chi connectivity index (χ1v) is 7.90. The molecule has 1 aliphatic rings. The first-order chi connectivity index (χ1) is 11.5. The zero-order valence-corrected chi connectivity index (χ0v) is 14.1. The van der Waals surface area contributed by atoms with E-state index in [1.807, 2.05) is 43.6 Å². The summed E-state index contributed by atoms with van der Waals surface area (Å²) in [6.07, 6.45) is 1.83. The molecule has 6 heteroatoms. The van der Waals surface area contributed by atoms with E-state index in [1.54, 1.807) is 34.5 Å². The molecule has 1 saturated heterocycles. The monoisotopic (exact) mass is 327 g/mol. The first kappa shape index (κ1) is 16.1. The van der Waals surface area contributed by atoms with E-state index in [4.69, 9.17) is 4.74 Å². The maximum Gasteiger partial charge on any atom is 0.271 e. The molecule has 0 N–H and O–H groups in total. The van der Waals surface area contributed by atoms with Crippen LogP contribution in [0.25, 0.3) is 0 Å². The highest BCUT2D eigenvalue weighted by molar-refractivity contribution is 6.03. The second-order valence-electron chi connectivity index (χ2n) is 5.87.